The standard InChI is InChI=1S/C9H9N3O/c1-12-8(2-3-11-12)9(6-10)4-7(13)5-9/h2-3H,4-5H2,1H3. The van der Waals surface area contributed by atoms with Crippen molar-refractivity contribution >= 4 is 5.78 Å². The van der Waals surface area contributed by atoms with Crippen molar-refractivity contribution in [3.63, 3.8) is 0 Å². The van der Waals surface area contributed by atoms with Gasteiger partial charge in [0.1, 0.15) is 11.2 Å². The normalized spacial score (nSPS) is 19.2. The summed E-state index contributed by atoms with van der Waals surface area (Å²) in [7, 11) is 1.79. The lowest BCUT2D eigenvalue weighted by atomic mass is 9.67. The number of aromatic nitrogens is 2. The summed E-state index contributed by atoms with van der Waals surface area (Å²) in [5.74, 6) is 0.155. The first-order chi connectivity index (χ1) is 6.18. The van der Waals surface area contributed by atoms with Crippen LogP contribution in [0.25, 0.3) is 0 Å². The smallest absolute Gasteiger partial charge is 0.136 e. The Kier molecular flexibility index (Phi) is 1.49. The van der Waals surface area contributed by atoms with Crippen molar-refractivity contribution in [2.45, 2.75) is 18.3 Å². The van der Waals surface area contributed by atoms with Gasteiger partial charge < -0.3 is 0 Å². The Balaban J connectivity index is 2.41. The molecule has 66 valence electrons. The Labute approximate surface area is 75.8 Å². The summed E-state index contributed by atoms with van der Waals surface area (Å²) in [4.78, 5) is 10.9. The fourth-order valence-electron chi connectivity index (χ4n) is 1.78. The molecule has 0 bridgehead atoms. The summed E-state index contributed by atoms with van der Waals surface area (Å²) in [5, 5.41) is 13.0. The SMILES string of the molecule is Cn1nccc1C1(C#N)CC(=O)C1. The van der Waals surface area contributed by atoms with Gasteiger partial charge in [-0.2, -0.15) is 10.4 Å². The molecule has 1 aliphatic carbocycles. The summed E-state index contributed by atoms with van der Waals surface area (Å²) in [5.41, 5.74) is 0.247. The second-order valence-corrected chi connectivity index (χ2v) is 3.43. The third-order valence-corrected chi connectivity index (χ3v) is 2.52. The first kappa shape index (κ1) is 7.99. The highest BCUT2D eigenvalue weighted by atomic mass is 16.1. The largest absolute Gasteiger partial charge is 0.300 e. The molecule has 4 heteroatoms. The lowest BCUT2D eigenvalue weighted by Gasteiger charge is -2.33. The van der Waals surface area contributed by atoms with Crippen LogP contribution >= 0.6 is 0 Å². The molecule has 2 rings (SSSR count). The number of hydrogen-bond donors (Lipinski definition) is 0. The summed E-state index contributed by atoms with van der Waals surface area (Å²) in [6.45, 7) is 0. The number of Topliss-reactive ketones (excluding diaryl/α,β-unsaturated/α-hetero) is 1. The van der Waals surface area contributed by atoms with Crippen molar-refractivity contribution in [1.82, 2.24) is 9.78 Å². The van der Waals surface area contributed by atoms with Crippen LogP contribution in [0.5, 0.6) is 0 Å². The molecule has 1 fully saturated rings. The highest BCUT2D eigenvalue weighted by Crippen LogP contribution is 2.40. The topological polar surface area (TPSA) is 58.7 Å². The molecule has 0 atom stereocenters. The second kappa shape index (κ2) is 2.43. The van der Waals surface area contributed by atoms with E-state index in [2.05, 4.69) is 11.2 Å². The molecule has 0 unspecified atom stereocenters. The van der Waals surface area contributed by atoms with Crippen molar-refractivity contribution in [1.29, 1.82) is 5.26 Å². The van der Waals surface area contributed by atoms with E-state index in [1.54, 1.807) is 24.0 Å². The maximum Gasteiger partial charge on any atom is 0.136 e. The molecule has 0 spiro atoms. The lowest BCUT2D eigenvalue weighted by molar-refractivity contribution is -0.126. The van der Waals surface area contributed by atoms with Crippen molar-refractivity contribution in [2.75, 3.05) is 0 Å². The number of nitriles is 1. The molecule has 13 heavy (non-hydrogen) atoms. The van der Waals surface area contributed by atoms with Crippen LogP contribution in [0.2, 0.25) is 0 Å². The Morgan fingerprint density at radius 3 is 2.77 bits per heavy atom. The van der Waals surface area contributed by atoms with E-state index >= 15 is 0 Å². The Bertz CT molecular complexity index is 391. The highest BCUT2D eigenvalue weighted by molar-refractivity contribution is 5.89. The van der Waals surface area contributed by atoms with E-state index in [-0.39, 0.29) is 5.78 Å². The van der Waals surface area contributed by atoms with Gasteiger partial charge in [0.2, 0.25) is 0 Å². The van der Waals surface area contributed by atoms with Gasteiger partial charge in [-0.05, 0) is 6.07 Å². The molecule has 0 aliphatic heterocycles. The van der Waals surface area contributed by atoms with Crippen LogP contribution in [0.4, 0.5) is 0 Å². The number of nitrogens with zero attached hydrogens (tertiary/aromatic N) is 3. The van der Waals surface area contributed by atoms with Gasteiger partial charge in [-0.15, -0.1) is 0 Å². The minimum absolute atomic E-state index is 0.155. The maximum atomic E-state index is 10.9. The molecule has 4 nitrogen and oxygen atoms in total. The predicted octanol–water partition coefficient (Wildman–Crippen LogP) is 0.544. The van der Waals surface area contributed by atoms with Crippen molar-refractivity contribution in [3.05, 3.63) is 18.0 Å². The van der Waals surface area contributed by atoms with E-state index in [0.29, 0.717) is 12.8 Å². The first-order valence-electron chi connectivity index (χ1n) is 4.09. The zero-order chi connectivity index (χ0) is 9.47. The van der Waals surface area contributed by atoms with Gasteiger partial charge in [0.05, 0.1) is 11.8 Å². The maximum absolute atomic E-state index is 10.9. The molecule has 1 saturated carbocycles. The van der Waals surface area contributed by atoms with E-state index in [1.807, 2.05) is 0 Å². The molecule has 0 amide bonds. The monoisotopic (exact) mass is 175 g/mol. The van der Waals surface area contributed by atoms with Crippen LogP contribution in [0.1, 0.15) is 18.5 Å². The zero-order valence-electron chi connectivity index (χ0n) is 7.32. The average molecular weight is 175 g/mol. The van der Waals surface area contributed by atoms with Crippen molar-refractivity contribution < 1.29 is 4.79 Å². The molecule has 0 aromatic carbocycles. The number of hydrogen-bond acceptors (Lipinski definition) is 3. The van der Waals surface area contributed by atoms with E-state index in [1.165, 1.54) is 0 Å². The van der Waals surface area contributed by atoms with E-state index in [9.17, 15) is 4.79 Å². The average Bonchev–Trinajstić information content (AvgIpc) is 2.46. The molecule has 1 aliphatic rings. The second-order valence-electron chi connectivity index (χ2n) is 3.43. The minimum Gasteiger partial charge on any atom is -0.300 e. The fourth-order valence-corrected chi connectivity index (χ4v) is 1.78. The number of ketones is 1. The third kappa shape index (κ3) is 0.970. The van der Waals surface area contributed by atoms with Crippen LogP contribution in [0.3, 0.4) is 0 Å². The predicted molar refractivity (Wildman–Crippen MR) is 44.7 cm³/mol. The number of carbonyl (C=O) groups is 1. The van der Waals surface area contributed by atoms with E-state index in [4.69, 9.17) is 5.26 Å². The summed E-state index contributed by atoms with van der Waals surface area (Å²) < 4.78 is 1.66. The van der Waals surface area contributed by atoms with Crippen molar-refractivity contribution in [2.24, 2.45) is 7.05 Å². The lowest BCUT2D eigenvalue weighted by Crippen LogP contribution is -2.41. The molecule has 1 aromatic heterocycles. The van der Waals surface area contributed by atoms with Gasteiger partial charge in [0, 0.05) is 26.1 Å². The number of rotatable bonds is 1. The van der Waals surface area contributed by atoms with Crippen molar-refractivity contribution in [3.8, 4) is 6.07 Å². The molecule has 0 N–H and O–H groups in total. The fraction of sp³-hybridized carbons (Fsp3) is 0.444. The zero-order valence-corrected chi connectivity index (χ0v) is 7.32. The van der Waals surface area contributed by atoms with Crippen LogP contribution in [-0.2, 0) is 17.3 Å². The van der Waals surface area contributed by atoms with Gasteiger partial charge in [-0.25, -0.2) is 0 Å². The summed E-state index contributed by atoms with van der Waals surface area (Å²) in [6, 6.07) is 4.01. The number of carbonyl (C=O) groups excluding carboxylic acids is 1. The summed E-state index contributed by atoms with van der Waals surface area (Å²) in [6.07, 6.45) is 2.32. The van der Waals surface area contributed by atoms with Crippen LogP contribution in [0.15, 0.2) is 12.3 Å². The highest BCUT2D eigenvalue weighted by Gasteiger charge is 2.47. The van der Waals surface area contributed by atoms with Crippen LogP contribution in [0, 0.1) is 11.3 Å². The van der Waals surface area contributed by atoms with Gasteiger partial charge in [-0.3, -0.25) is 9.48 Å². The quantitative estimate of drug-likeness (QED) is 0.626. The molecule has 0 saturated heterocycles. The molecule has 1 heterocycles. The Morgan fingerprint density at radius 1 is 1.69 bits per heavy atom. The third-order valence-electron chi connectivity index (χ3n) is 2.52. The molecular formula is C9H9N3O. The minimum atomic E-state index is -0.595. The summed E-state index contributed by atoms with van der Waals surface area (Å²) >= 11 is 0. The Hall–Kier alpha value is -1.63. The van der Waals surface area contributed by atoms with E-state index in [0.717, 1.165) is 5.69 Å². The molecule has 1 aromatic rings. The van der Waals surface area contributed by atoms with Gasteiger partial charge >= 0.3 is 0 Å². The van der Waals surface area contributed by atoms with Gasteiger partial charge in [-0.1, -0.05) is 0 Å². The van der Waals surface area contributed by atoms with Gasteiger partial charge in [0.25, 0.3) is 0 Å². The van der Waals surface area contributed by atoms with Gasteiger partial charge in [0.15, 0.2) is 0 Å². The van der Waals surface area contributed by atoms with Crippen LogP contribution in [-0.4, -0.2) is 15.6 Å². The Morgan fingerprint density at radius 2 is 2.38 bits per heavy atom. The molecular weight excluding hydrogens is 166 g/mol. The first-order valence-corrected chi connectivity index (χ1v) is 4.09. The van der Waals surface area contributed by atoms with Crippen LogP contribution < -0.4 is 0 Å². The molecule has 0 radical (unpaired) electrons. The number of aryl methyl sites for hydroxylation is 1. The van der Waals surface area contributed by atoms with E-state index < -0.39 is 5.41 Å².